The number of hydrogen-bond acceptors (Lipinski definition) is 4. The minimum absolute atomic E-state index is 0.0689. The minimum Gasteiger partial charge on any atom is -0.490 e. The van der Waals surface area contributed by atoms with Crippen LogP contribution in [0, 0.1) is 17.1 Å². The van der Waals surface area contributed by atoms with Gasteiger partial charge in [0, 0.05) is 6.04 Å². The first kappa shape index (κ1) is 20.7. The number of nitriles is 1. The molecular formula is C23H25FN2O3. The third kappa shape index (κ3) is 5.71. The number of carbonyl (C=O) groups excluding carboxylic acids is 1. The minimum atomic E-state index is -1.06. The van der Waals surface area contributed by atoms with Crippen molar-refractivity contribution >= 4 is 5.91 Å². The number of rotatable bonds is 6. The van der Waals surface area contributed by atoms with E-state index in [2.05, 4.69) is 11.4 Å². The number of nitrogens with one attached hydrogen (secondary N) is 1. The average molecular weight is 396 g/mol. The quantitative estimate of drug-likeness (QED) is 0.787. The second kappa shape index (κ2) is 8.95. The first-order valence-electron chi connectivity index (χ1n) is 9.78. The van der Waals surface area contributed by atoms with Crippen LogP contribution in [0.3, 0.4) is 0 Å². The molecule has 2 aromatic rings. The fourth-order valence-electron chi connectivity index (χ4n) is 3.33. The molecule has 1 aliphatic carbocycles. The summed E-state index contributed by atoms with van der Waals surface area (Å²) in [7, 11) is 0. The maximum atomic E-state index is 13.0. The highest BCUT2D eigenvalue weighted by molar-refractivity contribution is 5.85. The van der Waals surface area contributed by atoms with Gasteiger partial charge in [0.05, 0.1) is 17.7 Å². The van der Waals surface area contributed by atoms with Gasteiger partial charge in [0.1, 0.15) is 17.3 Å². The summed E-state index contributed by atoms with van der Waals surface area (Å²) in [5.74, 6) is 0.661. The van der Waals surface area contributed by atoms with Crippen LogP contribution in [0.1, 0.15) is 45.1 Å². The zero-order chi connectivity index (χ0) is 20.9. The fraction of sp³-hybridized carbons (Fsp3) is 0.391. The molecule has 0 atom stereocenters. The van der Waals surface area contributed by atoms with E-state index in [1.807, 2.05) is 12.1 Å². The Balaban J connectivity index is 1.47. The number of benzene rings is 2. The standard InChI is InChI=1S/C23H25FN2O3/c1-23(2,29-21-11-5-17(24)6-12-21)22(27)26-18-7-13-20(14-8-18)28-19-9-3-16(15-25)4-10-19/h3-6,9-12,18,20H,7-8,13-14H2,1-2H3,(H,26,27). The molecule has 2 aromatic carbocycles. The Morgan fingerprint density at radius 3 is 2.21 bits per heavy atom. The lowest BCUT2D eigenvalue weighted by Gasteiger charge is -2.32. The maximum absolute atomic E-state index is 13.0. The van der Waals surface area contributed by atoms with E-state index < -0.39 is 5.60 Å². The van der Waals surface area contributed by atoms with E-state index in [-0.39, 0.29) is 23.9 Å². The van der Waals surface area contributed by atoms with Crippen molar-refractivity contribution < 1.29 is 18.7 Å². The molecule has 29 heavy (non-hydrogen) atoms. The van der Waals surface area contributed by atoms with E-state index in [1.165, 1.54) is 24.3 Å². The molecule has 1 amide bonds. The van der Waals surface area contributed by atoms with E-state index in [1.54, 1.807) is 26.0 Å². The van der Waals surface area contributed by atoms with Crippen molar-refractivity contribution in [2.45, 2.75) is 57.3 Å². The highest BCUT2D eigenvalue weighted by Crippen LogP contribution is 2.25. The van der Waals surface area contributed by atoms with Gasteiger partial charge in [-0.3, -0.25) is 4.79 Å². The van der Waals surface area contributed by atoms with Crippen LogP contribution in [-0.2, 0) is 4.79 Å². The van der Waals surface area contributed by atoms with E-state index in [0.717, 1.165) is 31.4 Å². The van der Waals surface area contributed by atoms with Gasteiger partial charge in [0.2, 0.25) is 0 Å². The zero-order valence-corrected chi connectivity index (χ0v) is 16.7. The summed E-state index contributed by atoms with van der Waals surface area (Å²) >= 11 is 0. The highest BCUT2D eigenvalue weighted by Gasteiger charge is 2.33. The Hall–Kier alpha value is -3.07. The van der Waals surface area contributed by atoms with E-state index >= 15 is 0 Å². The van der Waals surface area contributed by atoms with Crippen LogP contribution in [0.15, 0.2) is 48.5 Å². The molecule has 0 radical (unpaired) electrons. The molecule has 0 aromatic heterocycles. The first-order chi connectivity index (χ1) is 13.9. The van der Waals surface area contributed by atoms with Gasteiger partial charge in [-0.2, -0.15) is 5.26 Å². The summed E-state index contributed by atoms with van der Waals surface area (Å²) in [5, 5.41) is 11.9. The molecule has 3 rings (SSSR count). The predicted molar refractivity (Wildman–Crippen MR) is 107 cm³/mol. The van der Waals surface area contributed by atoms with Crippen LogP contribution < -0.4 is 14.8 Å². The van der Waals surface area contributed by atoms with Gasteiger partial charge < -0.3 is 14.8 Å². The highest BCUT2D eigenvalue weighted by atomic mass is 19.1. The number of nitrogens with zero attached hydrogens (tertiary/aromatic N) is 1. The molecule has 0 spiro atoms. The van der Waals surface area contributed by atoms with Crippen molar-refractivity contribution in [3.05, 3.63) is 59.9 Å². The molecule has 0 heterocycles. The van der Waals surface area contributed by atoms with Crippen LogP contribution >= 0.6 is 0 Å². The Labute approximate surface area is 170 Å². The molecule has 1 N–H and O–H groups in total. The molecular weight excluding hydrogens is 371 g/mol. The molecule has 0 saturated heterocycles. The van der Waals surface area contributed by atoms with Gasteiger partial charge in [0.25, 0.3) is 5.91 Å². The number of ether oxygens (including phenoxy) is 2. The third-order valence-corrected chi connectivity index (χ3v) is 5.03. The monoisotopic (exact) mass is 396 g/mol. The maximum Gasteiger partial charge on any atom is 0.263 e. The molecule has 6 heteroatoms. The Kier molecular flexibility index (Phi) is 6.38. The molecule has 0 aliphatic heterocycles. The summed E-state index contributed by atoms with van der Waals surface area (Å²) in [6, 6.07) is 14.9. The molecule has 1 aliphatic rings. The van der Waals surface area contributed by atoms with E-state index in [9.17, 15) is 9.18 Å². The molecule has 1 saturated carbocycles. The lowest BCUT2D eigenvalue weighted by molar-refractivity contribution is -0.135. The summed E-state index contributed by atoms with van der Waals surface area (Å²) in [5.41, 5.74) is -0.456. The SMILES string of the molecule is CC(C)(Oc1ccc(F)cc1)C(=O)NC1CCC(Oc2ccc(C#N)cc2)CC1. The van der Waals surface area contributed by atoms with Crippen molar-refractivity contribution in [3.63, 3.8) is 0 Å². The summed E-state index contributed by atoms with van der Waals surface area (Å²) in [6.45, 7) is 3.40. The summed E-state index contributed by atoms with van der Waals surface area (Å²) < 4.78 is 24.8. The van der Waals surface area contributed by atoms with Gasteiger partial charge >= 0.3 is 0 Å². The number of amides is 1. The van der Waals surface area contributed by atoms with Crippen LogP contribution in [0.5, 0.6) is 11.5 Å². The Morgan fingerprint density at radius 2 is 1.62 bits per heavy atom. The van der Waals surface area contributed by atoms with Crippen molar-refractivity contribution in [3.8, 4) is 17.6 Å². The average Bonchev–Trinajstić information content (AvgIpc) is 2.71. The molecule has 1 fully saturated rings. The van der Waals surface area contributed by atoms with Crippen molar-refractivity contribution in [1.29, 1.82) is 5.26 Å². The van der Waals surface area contributed by atoms with Gasteiger partial charge in [-0.25, -0.2) is 4.39 Å². The molecule has 5 nitrogen and oxygen atoms in total. The largest absolute Gasteiger partial charge is 0.490 e. The second-order valence-corrected chi connectivity index (χ2v) is 7.77. The molecule has 0 bridgehead atoms. The fourth-order valence-corrected chi connectivity index (χ4v) is 3.33. The smallest absolute Gasteiger partial charge is 0.263 e. The summed E-state index contributed by atoms with van der Waals surface area (Å²) in [6.07, 6.45) is 3.41. The van der Waals surface area contributed by atoms with Crippen LogP contribution in [0.2, 0.25) is 0 Å². The second-order valence-electron chi connectivity index (χ2n) is 7.77. The van der Waals surface area contributed by atoms with Gasteiger partial charge in [-0.1, -0.05) is 0 Å². The van der Waals surface area contributed by atoms with Crippen molar-refractivity contribution in [1.82, 2.24) is 5.32 Å². The molecule has 0 unspecified atom stereocenters. The normalized spacial score (nSPS) is 19.1. The Morgan fingerprint density at radius 1 is 1.03 bits per heavy atom. The van der Waals surface area contributed by atoms with Gasteiger partial charge in [-0.15, -0.1) is 0 Å². The lowest BCUT2D eigenvalue weighted by Crippen LogP contribution is -2.51. The van der Waals surface area contributed by atoms with Crippen molar-refractivity contribution in [2.75, 3.05) is 0 Å². The van der Waals surface area contributed by atoms with Crippen LogP contribution in [0.4, 0.5) is 4.39 Å². The number of hydrogen-bond donors (Lipinski definition) is 1. The zero-order valence-electron chi connectivity index (χ0n) is 16.7. The van der Waals surface area contributed by atoms with E-state index in [4.69, 9.17) is 14.7 Å². The third-order valence-electron chi connectivity index (χ3n) is 5.03. The van der Waals surface area contributed by atoms with Gasteiger partial charge in [0.15, 0.2) is 5.60 Å². The van der Waals surface area contributed by atoms with Crippen molar-refractivity contribution in [2.24, 2.45) is 0 Å². The van der Waals surface area contributed by atoms with E-state index in [0.29, 0.717) is 11.3 Å². The Bertz CT molecular complexity index is 864. The molecule has 152 valence electrons. The van der Waals surface area contributed by atoms with Gasteiger partial charge in [-0.05, 0) is 88.1 Å². The predicted octanol–water partition coefficient (Wildman–Crippen LogP) is 4.36. The lowest BCUT2D eigenvalue weighted by atomic mass is 9.92. The number of halogens is 1. The first-order valence-corrected chi connectivity index (χ1v) is 9.78. The van der Waals surface area contributed by atoms with Crippen LogP contribution in [0.25, 0.3) is 0 Å². The summed E-state index contributed by atoms with van der Waals surface area (Å²) in [4.78, 5) is 12.7. The topological polar surface area (TPSA) is 71.3 Å². The van der Waals surface area contributed by atoms with Crippen LogP contribution in [-0.4, -0.2) is 23.7 Å². The number of carbonyl (C=O) groups is 1.